The topological polar surface area (TPSA) is 62.2 Å². The van der Waals surface area contributed by atoms with Gasteiger partial charge in [0, 0.05) is 61.4 Å². The van der Waals surface area contributed by atoms with Crippen LogP contribution in [0.4, 0.5) is 5.69 Å². The molecule has 2 heterocycles. The zero-order chi connectivity index (χ0) is 23.9. The number of imidazole rings is 1. The third-order valence-electron chi connectivity index (χ3n) is 7.55. The maximum absolute atomic E-state index is 12.5. The fourth-order valence-corrected chi connectivity index (χ4v) is 5.48. The van der Waals surface area contributed by atoms with E-state index in [1.807, 2.05) is 30.9 Å². The van der Waals surface area contributed by atoms with Crippen LogP contribution < -0.4 is 15.5 Å². The van der Waals surface area contributed by atoms with E-state index in [4.69, 9.17) is 0 Å². The normalized spacial score (nSPS) is 18.0. The summed E-state index contributed by atoms with van der Waals surface area (Å²) in [6.07, 6.45) is 13.7. The molecule has 6 nitrogen and oxygen atoms in total. The lowest BCUT2D eigenvalue weighted by Gasteiger charge is -2.36. The van der Waals surface area contributed by atoms with Gasteiger partial charge in [0.1, 0.15) is 0 Å². The van der Waals surface area contributed by atoms with Crippen molar-refractivity contribution in [3.8, 4) is 0 Å². The Hall–Kier alpha value is -3.12. The van der Waals surface area contributed by atoms with E-state index in [1.165, 1.54) is 24.1 Å². The first-order valence-electron chi connectivity index (χ1n) is 13.2. The van der Waals surface area contributed by atoms with Crippen LogP contribution in [-0.2, 0) is 6.54 Å². The highest BCUT2D eigenvalue weighted by Crippen LogP contribution is 2.25. The molecule has 0 bridgehead atoms. The number of rotatable bonds is 9. The molecule has 2 aliphatic rings. The van der Waals surface area contributed by atoms with Crippen molar-refractivity contribution >= 4 is 11.6 Å². The van der Waals surface area contributed by atoms with Crippen molar-refractivity contribution in [2.45, 2.75) is 69.6 Å². The number of aryl methyl sites for hydroxylation is 1. The summed E-state index contributed by atoms with van der Waals surface area (Å²) in [6, 6.07) is 20.1. The second kappa shape index (κ2) is 11.5. The molecule has 0 spiro atoms. The molecule has 5 rings (SSSR count). The highest BCUT2D eigenvalue weighted by atomic mass is 16.1. The Balaban J connectivity index is 1.14. The highest BCUT2D eigenvalue weighted by molar-refractivity contribution is 5.94. The van der Waals surface area contributed by atoms with E-state index in [1.54, 1.807) is 0 Å². The number of aromatic nitrogens is 2. The number of benzene rings is 2. The van der Waals surface area contributed by atoms with Gasteiger partial charge in [-0.25, -0.2) is 4.98 Å². The predicted octanol–water partition coefficient (Wildman–Crippen LogP) is 4.95. The Morgan fingerprint density at radius 2 is 1.69 bits per heavy atom. The van der Waals surface area contributed by atoms with Gasteiger partial charge in [0.25, 0.3) is 5.91 Å². The minimum Gasteiger partial charge on any atom is -0.371 e. The van der Waals surface area contributed by atoms with Gasteiger partial charge >= 0.3 is 0 Å². The summed E-state index contributed by atoms with van der Waals surface area (Å²) in [7, 11) is 0. The van der Waals surface area contributed by atoms with Crippen LogP contribution in [0, 0.1) is 0 Å². The second-order valence-corrected chi connectivity index (χ2v) is 9.98. The summed E-state index contributed by atoms with van der Waals surface area (Å²) >= 11 is 0. The first-order chi connectivity index (χ1) is 17.2. The van der Waals surface area contributed by atoms with Crippen molar-refractivity contribution in [1.82, 2.24) is 20.2 Å². The van der Waals surface area contributed by atoms with Gasteiger partial charge in [0.2, 0.25) is 0 Å². The van der Waals surface area contributed by atoms with Crippen molar-refractivity contribution < 1.29 is 4.79 Å². The van der Waals surface area contributed by atoms with Gasteiger partial charge in [-0.1, -0.05) is 43.2 Å². The third-order valence-corrected chi connectivity index (χ3v) is 7.55. The van der Waals surface area contributed by atoms with Crippen molar-refractivity contribution in [2.75, 3.05) is 18.0 Å². The Morgan fingerprint density at radius 1 is 0.943 bits per heavy atom. The standard InChI is InChI=1S/C29H37N5O/c35-29(32-25-8-4-5-9-25)24-10-12-27(13-11-24)34-19-14-26(15-20-34)31-28(23-6-2-1-3-7-23)16-18-33-21-17-30-22-33/h1-3,6-7,10-13,17,21-22,25-26,28,31H,4-5,8-9,14-16,18-20H2,(H,32,35)/t28-/m1/s1. The molecule has 2 N–H and O–H groups in total. The van der Waals surface area contributed by atoms with Gasteiger partial charge < -0.3 is 20.1 Å². The lowest BCUT2D eigenvalue weighted by molar-refractivity contribution is 0.0938. The maximum atomic E-state index is 12.5. The van der Waals surface area contributed by atoms with Gasteiger partial charge in [0.15, 0.2) is 0 Å². The second-order valence-electron chi connectivity index (χ2n) is 9.98. The van der Waals surface area contributed by atoms with Gasteiger partial charge in [0.05, 0.1) is 6.33 Å². The van der Waals surface area contributed by atoms with E-state index in [0.717, 1.165) is 57.3 Å². The third kappa shape index (κ3) is 6.31. The zero-order valence-corrected chi connectivity index (χ0v) is 20.5. The molecule has 3 aromatic rings. The van der Waals surface area contributed by atoms with Crippen LogP contribution in [0.1, 0.15) is 66.9 Å². The van der Waals surface area contributed by atoms with Crippen molar-refractivity contribution in [3.05, 3.63) is 84.4 Å². The van der Waals surface area contributed by atoms with Gasteiger partial charge in [-0.05, 0) is 61.9 Å². The van der Waals surface area contributed by atoms with Gasteiger partial charge in [-0.2, -0.15) is 0 Å². The molecule has 0 unspecified atom stereocenters. The summed E-state index contributed by atoms with van der Waals surface area (Å²) in [5, 5.41) is 7.14. The fourth-order valence-electron chi connectivity index (χ4n) is 5.48. The number of carbonyl (C=O) groups is 1. The van der Waals surface area contributed by atoms with Gasteiger partial charge in [-0.15, -0.1) is 0 Å². The van der Waals surface area contributed by atoms with E-state index in [2.05, 4.69) is 67.5 Å². The Morgan fingerprint density at radius 3 is 2.37 bits per heavy atom. The van der Waals surface area contributed by atoms with E-state index in [0.29, 0.717) is 18.1 Å². The summed E-state index contributed by atoms with van der Waals surface area (Å²) in [5.41, 5.74) is 3.32. The van der Waals surface area contributed by atoms with Crippen LogP contribution in [0.15, 0.2) is 73.3 Å². The van der Waals surface area contributed by atoms with E-state index < -0.39 is 0 Å². The van der Waals surface area contributed by atoms with Crippen LogP contribution in [0.25, 0.3) is 0 Å². The molecule has 1 aliphatic heterocycles. The number of nitrogens with zero attached hydrogens (tertiary/aromatic N) is 3. The molecule has 1 aromatic heterocycles. The Bertz CT molecular complexity index is 1040. The van der Waals surface area contributed by atoms with Crippen LogP contribution in [0.2, 0.25) is 0 Å². The lowest BCUT2D eigenvalue weighted by atomic mass is 9.98. The van der Waals surface area contributed by atoms with Crippen LogP contribution >= 0.6 is 0 Å². The molecule has 1 saturated carbocycles. The van der Waals surface area contributed by atoms with Crippen LogP contribution in [0.5, 0.6) is 0 Å². The molecule has 0 radical (unpaired) electrons. The monoisotopic (exact) mass is 471 g/mol. The highest BCUT2D eigenvalue weighted by Gasteiger charge is 2.23. The summed E-state index contributed by atoms with van der Waals surface area (Å²) < 4.78 is 2.15. The number of nitrogens with one attached hydrogen (secondary N) is 2. The molecule has 35 heavy (non-hydrogen) atoms. The number of anilines is 1. The van der Waals surface area contributed by atoms with Crippen molar-refractivity contribution in [1.29, 1.82) is 0 Å². The first-order valence-corrected chi connectivity index (χ1v) is 13.2. The van der Waals surface area contributed by atoms with E-state index >= 15 is 0 Å². The molecular formula is C29H37N5O. The number of hydrogen-bond donors (Lipinski definition) is 2. The Kier molecular flexibility index (Phi) is 7.79. The summed E-state index contributed by atoms with van der Waals surface area (Å²) in [6.45, 7) is 2.99. The van der Waals surface area contributed by atoms with E-state index in [9.17, 15) is 4.79 Å². The summed E-state index contributed by atoms with van der Waals surface area (Å²) in [4.78, 5) is 19.2. The van der Waals surface area contributed by atoms with E-state index in [-0.39, 0.29) is 5.91 Å². The minimum atomic E-state index is 0.0639. The minimum absolute atomic E-state index is 0.0639. The number of amides is 1. The Labute approximate surface area is 208 Å². The molecule has 2 aromatic carbocycles. The van der Waals surface area contributed by atoms with Crippen LogP contribution in [0.3, 0.4) is 0 Å². The van der Waals surface area contributed by atoms with Crippen molar-refractivity contribution in [3.63, 3.8) is 0 Å². The van der Waals surface area contributed by atoms with Crippen LogP contribution in [-0.4, -0.2) is 40.6 Å². The average Bonchev–Trinajstić information content (AvgIpc) is 3.62. The first kappa shape index (κ1) is 23.6. The zero-order valence-electron chi connectivity index (χ0n) is 20.5. The molecule has 1 atom stereocenters. The molecule has 1 saturated heterocycles. The fraction of sp³-hybridized carbons (Fsp3) is 0.448. The average molecular weight is 472 g/mol. The molecule has 6 heteroatoms. The molecule has 2 fully saturated rings. The number of piperidine rings is 1. The molecule has 1 aliphatic carbocycles. The van der Waals surface area contributed by atoms with Gasteiger partial charge in [-0.3, -0.25) is 4.79 Å². The number of hydrogen-bond acceptors (Lipinski definition) is 4. The lowest BCUT2D eigenvalue weighted by Crippen LogP contribution is -2.44. The van der Waals surface area contributed by atoms with Crippen molar-refractivity contribution in [2.24, 2.45) is 0 Å². The molecular weight excluding hydrogens is 434 g/mol. The molecule has 1 amide bonds. The molecule has 184 valence electrons. The largest absolute Gasteiger partial charge is 0.371 e. The predicted molar refractivity (Wildman–Crippen MR) is 141 cm³/mol. The number of carbonyl (C=O) groups excluding carboxylic acids is 1. The quantitative estimate of drug-likeness (QED) is 0.464. The SMILES string of the molecule is O=C(NC1CCCC1)c1ccc(N2CCC(N[C@H](CCn3ccnc3)c3ccccc3)CC2)cc1. The smallest absolute Gasteiger partial charge is 0.251 e. The summed E-state index contributed by atoms with van der Waals surface area (Å²) in [5.74, 6) is 0.0639. The maximum Gasteiger partial charge on any atom is 0.251 e.